The molecule has 0 saturated carbocycles. The first kappa shape index (κ1) is 22.8. The smallest absolute Gasteiger partial charge is 0.323 e. The fourth-order valence-corrected chi connectivity index (χ4v) is 4.52. The molecule has 1 aliphatic heterocycles. The highest BCUT2D eigenvalue weighted by atomic mass is 32.2. The molecule has 2 aromatic rings. The minimum Gasteiger partial charge on any atom is -0.480 e. The third-order valence-electron chi connectivity index (χ3n) is 4.92. The van der Waals surface area contributed by atoms with Crippen molar-refractivity contribution in [2.24, 2.45) is 0 Å². The van der Waals surface area contributed by atoms with Gasteiger partial charge in [0, 0.05) is 4.90 Å². The molecule has 0 amide bonds. The fraction of sp³-hybridized carbons (Fsp3) is 0.292. The second-order valence-corrected chi connectivity index (χ2v) is 8.23. The van der Waals surface area contributed by atoms with E-state index < -0.39 is 5.97 Å². The van der Waals surface area contributed by atoms with Crippen molar-refractivity contribution in [3.05, 3.63) is 75.3 Å². The molecule has 0 unspecified atom stereocenters. The molecule has 5 heteroatoms. The zero-order valence-corrected chi connectivity index (χ0v) is 18.3. The van der Waals surface area contributed by atoms with Crippen LogP contribution in [0.2, 0.25) is 0 Å². The summed E-state index contributed by atoms with van der Waals surface area (Å²) in [6.45, 7) is 8.44. The standard InChI is InChI=1S/C24H27NO2S.H2O/c1-5-18(13-20-9-7-16(3)11-19(20)6-2)14-23-25(15-24(26)27)21-12-17(4)8-10-22(21)28-23;/h7-14H,5-6,15H2,1-4H3,(H,26,27);1H2. The van der Waals surface area contributed by atoms with E-state index in [2.05, 4.69) is 69.3 Å². The molecule has 0 atom stereocenters. The van der Waals surface area contributed by atoms with E-state index in [1.165, 1.54) is 22.3 Å². The molecule has 1 aliphatic rings. The Kier molecular flexibility index (Phi) is 7.71. The van der Waals surface area contributed by atoms with Crippen molar-refractivity contribution in [1.29, 1.82) is 0 Å². The number of rotatable bonds is 6. The van der Waals surface area contributed by atoms with Crippen LogP contribution in [0.4, 0.5) is 5.69 Å². The van der Waals surface area contributed by atoms with E-state index in [4.69, 9.17) is 0 Å². The third-order valence-corrected chi connectivity index (χ3v) is 6.03. The summed E-state index contributed by atoms with van der Waals surface area (Å²) in [7, 11) is 0. The molecule has 0 fully saturated rings. The molecular formula is C24H29NO3S. The van der Waals surface area contributed by atoms with E-state index in [0.717, 1.165) is 34.0 Å². The zero-order chi connectivity index (χ0) is 20.3. The Morgan fingerprint density at radius 3 is 2.45 bits per heavy atom. The predicted octanol–water partition coefficient (Wildman–Crippen LogP) is 5.37. The Bertz CT molecular complexity index is 963. The maximum Gasteiger partial charge on any atom is 0.323 e. The van der Waals surface area contributed by atoms with Gasteiger partial charge >= 0.3 is 5.97 Å². The van der Waals surface area contributed by atoms with E-state index in [-0.39, 0.29) is 12.0 Å². The summed E-state index contributed by atoms with van der Waals surface area (Å²) in [6.07, 6.45) is 6.25. The lowest BCUT2D eigenvalue weighted by molar-refractivity contribution is -0.135. The summed E-state index contributed by atoms with van der Waals surface area (Å²) >= 11 is 1.64. The van der Waals surface area contributed by atoms with E-state index in [0.29, 0.717) is 0 Å². The molecular weight excluding hydrogens is 382 g/mol. The molecule has 0 radical (unpaired) electrons. The van der Waals surface area contributed by atoms with Crippen LogP contribution >= 0.6 is 11.8 Å². The molecule has 0 saturated heterocycles. The van der Waals surface area contributed by atoms with Crippen molar-refractivity contribution in [3.63, 3.8) is 0 Å². The molecule has 0 aliphatic carbocycles. The second kappa shape index (κ2) is 9.81. The summed E-state index contributed by atoms with van der Waals surface area (Å²) in [5.41, 5.74) is 7.16. The van der Waals surface area contributed by atoms with Gasteiger partial charge in [-0.3, -0.25) is 4.79 Å². The summed E-state index contributed by atoms with van der Waals surface area (Å²) in [6, 6.07) is 12.8. The molecule has 3 rings (SSSR count). The van der Waals surface area contributed by atoms with Crippen LogP contribution in [0.25, 0.3) is 6.08 Å². The van der Waals surface area contributed by atoms with Crippen molar-refractivity contribution in [3.8, 4) is 0 Å². The van der Waals surface area contributed by atoms with Gasteiger partial charge < -0.3 is 15.5 Å². The number of carboxylic acids is 1. The molecule has 0 spiro atoms. The first-order valence-corrected chi connectivity index (χ1v) is 10.5. The van der Waals surface area contributed by atoms with Crippen molar-refractivity contribution in [1.82, 2.24) is 0 Å². The number of fused-ring (bicyclic) bond motifs is 1. The van der Waals surface area contributed by atoms with Crippen molar-refractivity contribution < 1.29 is 15.4 Å². The van der Waals surface area contributed by atoms with Crippen LogP contribution in [-0.2, 0) is 11.2 Å². The second-order valence-electron chi connectivity index (χ2n) is 7.16. The molecule has 1 heterocycles. The first-order valence-electron chi connectivity index (χ1n) is 9.71. The summed E-state index contributed by atoms with van der Waals surface area (Å²) in [5, 5.41) is 10.4. The highest BCUT2D eigenvalue weighted by Crippen LogP contribution is 2.46. The number of carboxylic acid groups (broad SMARTS) is 1. The van der Waals surface area contributed by atoms with Gasteiger partial charge in [0.1, 0.15) is 6.54 Å². The molecule has 2 aromatic carbocycles. The Morgan fingerprint density at radius 1 is 1.10 bits per heavy atom. The quantitative estimate of drug-likeness (QED) is 0.693. The Labute approximate surface area is 177 Å². The van der Waals surface area contributed by atoms with Gasteiger partial charge in [0.15, 0.2) is 0 Å². The summed E-state index contributed by atoms with van der Waals surface area (Å²) in [4.78, 5) is 14.5. The maximum atomic E-state index is 11.5. The molecule has 3 N–H and O–H groups in total. The van der Waals surface area contributed by atoms with E-state index in [1.54, 1.807) is 11.8 Å². The van der Waals surface area contributed by atoms with Gasteiger partial charge in [-0.25, -0.2) is 0 Å². The molecule has 29 heavy (non-hydrogen) atoms. The number of anilines is 1. The summed E-state index contributed by atoms with van der Waals surface area (Å²) in [5.74, 6) is -0.824. The van der Waals surface area contributed by atoms with Crippen LogP contribution < -0.4 is 4.90 Å². The van der Waals surface area contributed by atoms with Gasteiger partial charge in [0.05, 0.1) is 10.7 Å². The number of allylic oxidation sites excluding steroid dienone is 2. The highest BCUT2D eigenvalue weighted by molar-refractivity contribution is 8.03. The van der Waals surface area contributed by atoms with Gasteiger partial charge in [0.2, 0.25) is 0 Å². The Morgan fingerprint density at radius 2 is 1.79 bits per heavy atom. The lowest BCUT2D eigenvalue weighted by Crippen LogP contribution is -2.25. The molecule has 0 aromatic heterocycles. The lowest BCUT2D eigenvalue weighted by atomic mass is 9.99. The van der Waals surface area contributed by atoms with E-state index in [1.807, 2.05) is 11.8 Å². The van der Waals surface area contributed by atoms with Gasteiger partial charge in [-0.1, -0.05) is 61.5 Å². The van der Waals surface area contributed by atoms with Crippen molar-refractivity contribution in [2.75, 3.05) is 11.4 Å². The SMILES string of the molecule is CCC(=Cc1ccc(C)cc1CC)C=C1Sc2ccc(C)cc2N1CC(=O)O.O. The van der Waals surface area contributed by atoms with Crippen LogP contribution in [0.1, 0.15) is 42.5 Å². The number of aliphatic carboxylic acids is 1. The zero-order valence-electron chi connectivity index (χ0n) is 17.5. The minimum atomic E-state index is -0.824. The van der Waals surface area contributed by atoms with Crippen LogP contribution in [0.3, 0.4) is 0 Å². The van der Waals surface area contributed by atoms with Crippen molar-refractivity contribution in [2.45, 2.75) is 45.4 Å². The highest BCUT2D eigenvalue weighted by Gasteiger charge is 2.27. The number of benzene rings is 2. The normalized spacial score (nSPS) is 14.7. The monoisotopic (exact) mass is 411 g/mol. The molecule has 154 valence electrons. The lowest BCUT2D eigenvalue weighted by Gasteiger charge is -2.19. The van der Waals surface area contributed by atoms with Gasteiger partial charge in [0.25, 0.3) is 0 Å². The minimum absolute atomic E-state index is 0. The van der Waals surface area contributed by atoms with E-state index >= 15 is 0 Å². The molecule has 0 bridgehead atoms. The van der Waals surface area contributed by atoms with Gasteiger partial charge in [-0.05, 0) is 67.2 Å². The Balaban J connectivity index is 0.00000300. The summed E-state index contributed by atoms with van der Waals surface area (Å²) < 4.78 is 0. The first-order chi connectivity index (χ1) is 13.4. The number of hydrogen-bond acceptors (Lipinski definition) is 3. The fourth-order valence-electron chi connectivity index (χ4n) is 3.40. The average Bonchev–Trinajstić information content (AvgIpc) is 2.98. The number of aryl methyl sites for hydroxylation is 3. The van der Waals surface area contributed by atoms with Gasteiger partial charge in [-0.15, -0.1) is 0 Å². The van der Waals surface area contributed by atoms with Crippen LogP contribution in [0.5, 0.6) is 0 Å². The Hall–Kier alpha value is -2.50. The van der Waals surface area contributed by atoms with E-state index in [9.17, 15) is 9.90 Å². The van der Waals surface area contributed by atoms with Crippen LogP contribution in [-0.4, -0.2) is 23.1 Å². The topological polar surface area (TPSA) is 72.0 Å². The maximum absolute atomic E-state index is 11.5. The number of hydrogen-bond donors (Lipinski definition) is 1. The van der Waals surface area contributed by atoms with Crippen LogP contribution in [0, 0.1) is 13.8 Å². The van der Waals surface area contributed by atoms with Gasteiger partial charge in [-0.2, -0.15) is 0 Å². The molecule has 4 nitrogen and oxygen atoms in total. The van der Waals surface area contributed by atoms with Crippen LogP contribution in [0.15, 0.2) is 58.0 Å². The third kappa shape index (κ3) is 5.31. The van der Waals surface area contributed by atoms with Crippen molar-refractivity contribution >= 4 is 29.5 Å². The number of nitrogens with zero attached hydrogens (tertiary/aromatic N) is 1. The average molecular weight is 412 g/mol. The largest absolute Gasteiger partial charge is 0.480 e. The predicted molar refractivity (Wildman–Crippen MR) is 123 cm³/mol. The number of thioether (sulfide) groups is 1. The number of carbonyl (C=O) groups is 1.